The third-order valence-electron chi connectivity index (χ3n) is 8.02. The van der Waals surface area contributed by atoms with Gasteiger partial charge >= 0.3 is 0 Å². The van der Waals surface area contributed by atoms with Gasteiger partial charge in [0.1, 0.15) is 5.52 Å². The molecule has 0 aliphatic heterocycles. The predicted molar refractivity (Wildman–Crippen MR) is 174 cm³/mol. The van der Waals surface area contributed by atoms with Crippen molar-refractivity contribution >= 4 is 33.7 Å². The Kier molecular flexibility index (Phi) is 14.0. The number of amides is 1. The van der Waals surface area contributed by atoms with Gasteiger partial charge in [-0.3, -0.25) is 4.79 Å². The first-order chi connectivity index (χ1) is 19.9. The first-order valence-corrected chi connectivity index (χ1v) is 16.0. The number of carbonyl (C=O) groups is 1. The van der Waals surface area contributed by atoms with Gasteiger partial charge in [-0.05, 0) is 97.1 Å². The smallest absolute Gasteiger partial charge is 0.225 e. The molecule has 0 aliphatic carbocycles. The molecule has 8 nitrogen and oxygen atoms in total. The first kappa shape index (κ1) is 33.0. The van der Waals surface area contributed by atoms with E-state index in [4.69, 9.17) is 4.98 Å². The van der Waals surface area contributed by atoms with E-state index in [2.05, 4.69) is 77.3 Å². The van der Waals surface area contributed by atoms with Crippen molar-refractivity contribution in [3.05, 3.63) is 30.6 Å². The summed E-state index contributed by atoms with van der Waals surface area (Å²) in [5.41, 5.74) is 2.70. The average Bonchev–Trinajstić information content (AvgIpc) is 3.37. The van der Waals surface area contributed by atoms with Gasteiger partial charge in [-0.2, -0.15) is 0 Å². The minimum Gasteiger partial charge on any atom is -0.330 e. The molecule has 228 valence electrons. The Morgan fingerprint density at radius 1 is 0.878 bits per heavy atom. The Morgan fingerprint density at radius 2 is 1.54 bits per heavy atom. The SMILES string of the molecule is CCN(CC)CCCN(C)CCCN(CC)CCCCCC(=O)Nc1nc2ccccc2c2c1ncn2CC(C)C. The zero-order valence-corrected chi connectivity index (χ0v) is 26.7. The highest BCUT2D eigenvalue weighted by molar-refractivity contribution is 6.09. The van der Waals surface area contributed by atoms with Gasteiger partial charge in [-0.15, -0.1) is 0 Å². The molecule has 0 saturated carbocycles. The molecule has 0 aliphatic rings. The number of fused-ring (bicyclic) bond motifs is 3. The van der Waals surface area contributed by atoms with Crippen LogP contribution in [0.2, 0.25) is 0 Å². The molecular weight excluding hydrogens is 510 g/mol. The van der Waals surface area contributed by atoms with Crippen LogP contribution in [0.3, 0.4) is 0 Å². The Morgan fingerprint density at radius 3 is 2.22 bits per heavy atom. The van der Waals surface area contributed by atoms with Crippen molar-refractivity contribution in [2.24, 2.45) is 5.92 Å². The highest BCUT2D eigenvalue weighted by Crippen LogP contribution is 2.29. The van der Waals surface area contributed by atoms with Crippen LogP contribution >= 0.6 is 0 Å². The number of unbranched alkanes of at least 4 members (excludes halogenated alkanes) is 2. The number of hydrogen-bond acceptors (Lipinski definition) is 6. The van der Waals surface area contributed by atoms with Crippen LogP contribution in [0.5, 0.6) is 0 Å². The standard InChI is InChI=1S/C33H55N7O/c1-7-38(8-2)23-15-20-37(6)21-16-24-39(9-3)22-14-10-11-19-30(41)36-33-31-32(40(26-34-31)25-27(4)5)28-17-12-13-18-29(28)35-33/h12-13,17-18,26-27H,7-11,14-16,19-25H2,1-6H3,(H,35,36,41). The maximum Gasteiger partial charge on any atom is 0.225 e. The Balaban J connectivity index is 1.39. The Bertz CT molecular complexity index is 1190. The fraction of sp³-hybridized carbons (Fsp3) is 0.667. The van der Waals surface area contributed by atoms with Gasteiger partial charge in [0.25, 0.3) is 0 Å². The second-order valence-corrected chi connectivity index (χ2v) is 11.8. The highest BCUT2D eigenvalue weighted by Gasteiger charge is 2.16. The molecule has 0 atom stereocenters. The minimum absolute atomic E-state index is 0.0175. The minimum atomic E-state index is 0.0175. The van der Waals surface area contributed by atoms with Gasteiger partial charge in [-0.25, -0.2) is 9.97 Å². The molecule has 41 heavy (non-hydrogen) atoms. The Hall–Kier alpha value is -2.55. The molecule has 1 aromatic carbocycles. The van der Waals surface area contributed by atoms with Gasteiger partial charge in [0, 0.05) is 18.4 Å². The molecule has 0 unspecified atom stereocenters. The molecule has 3 aromatic rings. The number of benzene rings is 1. The van der Waals surface area contributed by atoms with Crippen molar-refractivity contribution in [1.29, 1.82) is 0 Å². The van der Waals surface area contributed by atoms with Crippen molar-refractivity contribution in [3.8, 4) is 0 Å². The molecule has 0 bridgehead atoms. The molecule has 1 N–H and O–H groups in total. The first-order valence-electron chi connectivity index (χ1n) is 16.0. The van der Waals surface area contributed by atoms with Crippen molar-refractivity contribution in [3.63, 3.8) is 0 Å². The van der Waals surface area contributed by atoms with Crippen molar-refractivity contribution in [2.45, 2.75) is 79.7 Å². The number of carbonyl (C=O) groups excluding carboxylic acids is 1. The maximum atomic E-state index is 12.9. The number of nitrogens with one attached hydrogen (secondary N) is 1. The fourth-order valence-electron chi connectivity index (χ4n) is 5.60. The summed E-state index contributed by atoms with van der Waals surface area (Å²) < 4.78 is 2.19. The van der Waals surface area contributed by atoms with Crippen LogP contribution in [0.25, 0.3) is 21.9 Å². The number of aromatic nitrogens is 3. The quantitative estimate of drug-likeness (QED) is 0.167. The molecule has 0 radical (unpaired) electrons. The summed E-state index contributed by atoms with van der Waals surface area (Å²) in [5.74, 6) is 1.08. The molecule has 8 heteroatoms. The summed E-state index contributed by atoms with van der Waals surface area (Å²) in [6, 6.07) is 8.10. The van der Waals surface area contributed by atoms with Gasteiger partial charge in [0.15, 0.2) is 5.82 Å². The van der Waals surface area contributed by atoms with Crippen LogP contribution < -0.4 is 5.32 Å². The predicted octanol–water partition coefficient (Wildman–Crippen LogP) is 6.12. The lowest BCUT2D eigenvalue weighted by Crippen LogP contribution is -2.31. The Labute approximate surface area is 248 Å². The van der Waals surface area contributed by atoms with E-state index >= 15 is 0 Å². The van der Waals surface area contributed by atoms with E-state index in [0.29, 0.717) is 18.2 Å². The van der Waals surface area contributed by atoms with Crippen molar-refractivity contribution in [1.82, 2.24) is 29.2 Å². The van der Waals surface area contributed by atoms with E-state index in [1.807, 2.05) is 24.5 Å². The van der Waals surface area contributed by atoms with Crippen LogP contribution in [-0.2, 0) is 11.3 Å². The van der Waals surface area contributed by atoms with Gasteiger partial charge in [0.05, 0.1) is 17.4 Å². The summed E-state index contributed by atoms with van der Waals surface area (Å²) in [7, 11) is 2.25. The summed E-state index contributed by atoms with van der Waals surface area (Å²) in [4.78, 5) is 29.8. The highest BCUT2D eigenvalue weighted by atomic mass is 16.1. The molecule has 0 saturated heterocycles. The number of para-hydroxylation sites is 1. The van der Waals surface area contributed by atoms with Crippen LogP contribution in [0.15, 0.2) is 30.6 Å². The van der Waals surface area contributed by atoms with Gasteiger partial charge in [-0.1, -0.05) is 59.2 Å². The van der Waals surface area contributed by atoms with E-state index < -0.39 is 0 Å². The van der Waals surface area contributed by atoms with Gasteiger partial charge < -0.3 is 24.6 Å². The molecule has 2 heterocycles. The van der Waals surface area contributed by atoms with E-state index in [1.165, 1.54) is 25.9 Å². The van der Waals surface area contributed by atoms with Crippen molar-refractivity contribution in [2.75, 3.05) is 64.7 Å². The van der Waals surface area contributed by atoms with E-state index in [-0.39, 0.29) is 5.91 Å². The second kappa shape index (κ2) is 17.4. The van der Waals surface area contributed by atoms with E-state index in [9.17, 15) is 4.79 Å². The number of imidazole rings is 1. The lowest BCUT2D eigenvalue weighted by molar-refractivity contribution is -0.116. The van der Waals surface area contributed by atoms with E-state index in [0.717, 1.165) is 87.0 Å². The lowest BCUT2D eigenvalue weighted by atomic mass is 10.1. The van der Waals surface area contributed by atoms with Crippen LogP contribution in [0.4, 0.5) is 5.82 Å². The third kappa shape index (κ3) is 10.3. The number of hydrogen-bond donors (Lipinski definition) is 1. The zero-order chi connectivity index (χ0) is 29.6. The van der Waals surface area contributed by atoms with Crippen LogP contribution in [0.1, 0.15) is 73.1 Å². The zero-order valence-electron chi connectivity index (χ0n) is 26.7. The van der Waals surface area contributed by atoms with Crippen LogP contribution in [-0.4, -0.2) is 94.5 Å². The monoisotopic (exact) mass is 565 g/mol. The van der Waals surface area contributed by atoms with Crippen LogP contribution in [0, 0.1) is 5.92 Å². The number of anilines is 1. The fourth-order valence-corrected chi connectivity index (χ4v) is 5.60. The summed E-state index contributed by atoms with van der Waals surface area (Å²) in [6.45, 7) is 21.2. The lowest BCUT2D eigenvalue weighted by Gasteiger charge is -2.23. The molecular formula is C33H55N7O. The second-order valence-electron chi connectivity index (χ2n) is 11.8. The molecule has 0 fully saturated rings. The molecule has 2 aromatic heterocycles. The summed E-state index contributed by atoms with van der Waals surface area (Å²) in [5, 5.41) is 4.15. The molecule has 3 rings (SSSR count). The third-order valence-corrected chi connectivity index (χ3v) is 8.02. The largest absolute Gasteiger partial charge is 0.330 e. The summed E-state index contributed by atoms with van der Waals surface area (Å²) >= 11 is 0. The topological polar surface area (TPSA) is 69.5 Å². The number of pyridine rings is 1. The molecule has 0 spiro atoms. The normalized spacial score (nSPS) is 12.1. The maximum absolute atomic E-state index is 12.9. The van der Waals surface area contributed by atoms with Gasteiger partial charge in [0.2, 0.25) is 5.91 Å². The van der Waals surface area contributed by atoms with Crippen molar-refractivity contribution < 1.29 is 4.79 Å². The average molecular weight is 566 g/mol. The molecule has 1 amide bonds. The van der Waals surface area contributed by atoms with E-state index in [1.54, 1.807) is 0 Å². The number of nitrogens with zero attached hydrogens (tertiary/aromatic N) is 6. The summed E-state index contributed by atoms with van der Waals surface area (Å²) in [6.07, 6.45) is 7.89. The number of rotatable bonds is 20.